The molecule has 0 bridgehead atoms. The first-order chi connectivity index (χ1) is 9.81. The van der Waals surface area contributed by atoms with Gasteiger partial charge < -0.3 is 14.8 Å². The maximum atomic E-state index is 5.78. The smallest absolute Gasteiger partial charge is 0.175 e. The molecule has 0 aromatic heterocycles. The van der Waals surface area contributed by atoms with E-state index in [1.807, 2.05) is 36.4 Å². The van der Waals surface area contributed by atoms with Gasteiger partial charge in [-0.05, 0) is 46.6 Å². The van der Waals surface area contributed by atoms with Gasteiger partial charge in [0, 0.05) is 12.2 Å². The van der Waals surface area contributed by atoms with E-state index in [2.05, 4.69) is 33.4 Å². The minimum Gasteiger partial charge on any atom is -0.493 e. The highest BCUT2D eigenvalue weighted by Gasteiger charge is 2.07. The number of anilines is 1. The van der Waals surface area contributed by atoms with E-state index >= 15 is 0 Å². The van der Waals surface area contributed by atoms with Crippen molar-refractivity contribution in [1.29, 1.82) is 0 Å². The quantitative estimate of drug-likeness (QED) is 0.763. The molecule has 2 aromatic carbocycles. The number of benzene rings is 2. The average Bonchev–Trinajstić information content (AvgIpc) is 2.49. The van der Waals surface area contributed by atoms with E-state index in [0.717, 1.165) is 34.6 Å². The Morgan fingerprint density at radius 2 is 1.85 bits per heavy atom. The summed E-state index contributed by atoms with van der Waals surface area (Å²) >= 11 is 3.47. The molecule has 2 aromatic rings. The van der Waals surface area contributed by atoms with Gasteiger partial charge in [0.15, 0.2) is 11.5 Å². The van der Waals surface area contributed by atoms with Crippen LogP contribution in [0.4, 0.5) is 5.69 Å². The highest BCUT2D eigenvalue weighted by Crippen LogP contribution is 2.34. The number of hydrogen-bond donors (Lipinski definition) is 1. The minimum atomic E-state index is 0.638. The third-order valence-electron chi connectivity index (χ3n) is 2.82. The Labute approximate surface area is 128 Å². The summed E-state index contributed by atoms with van der Waals surface area (Å²) in [6.07, 6.45) is 0.916. The minimum absolute atomic E-state index is 0.638. The van der Waals surface area contributed by atoms with Crippen LogP contribution in [0.1, 0.15) is 6.42 Å². The summed E-state index contributed by atoms with van der Waals surface area (Å²) in [5.74, 6) is 1.50. The van der Waals surface area contributed by atoms with Crippen molar-refractivity contribution in [1.82, 2.24) is 0 Å². The summed E-state index contributed by atoms with van der Waals surface area (Å²) in [5.41, 5.74) is 1.13. The van der Waals surface area contributed by atoms with Gasteiger partial charge in [-0.25, -0.2) is 0 Å². The Kier molecular flexibility index (Phi) is 5.74. The molecule has 0 aliphatic rings. The van der Waals surface area contributed by atoms with Crippen molar-refractivity contribution >= 4 is 21.6 Å². The van der Waals surface area contributed by atoms with E-state index in [1.54, 1.807) is 7.11 Å². The zero-order valence-corrected chi connectivity index (χ0v) is 13.0. The summed E-state index contributed by atoms with van der Waals surface area (Å²) in [6.45, 7) is 1.51. The van der Waals surface area contributed by atoms with E-state index in [0.29, 0.717) is 6.61 Å². The van der Waals surface area contributed by atoms with Crippen molar-refractivity contribution in [2.45, 2.75) is 6.42 Å². The summed E-state index contributed by atoms with van der Waals surface area (Å²) in [5, 5.41) is 3.35. The average molecular weight is 336 g/mol. The normalized spacial score (nSPS) is 10.1. The molecule has 106 valence electrons. The van der Waals surface area contributed by atoms with Gasteiger partial charge >= 0.3 is 0 Å². The highest BCUT2D eigenvalue weighted by molar-refractivity contribution is 9.10. The molecule has 0 unspecified atom stereocenters. The molecule has 0 aliphatic carbocycles. The van der Waals surface area contributed by atoms with Crippen LogP contribution in [-0.2, 0) is 0 Å². The van der Waals surface area contributed by atoms with Crippen molar-refractivity contribution in [3.05, 3.63) is 53.0 Å². The molecule has 0 aliphatic heterocycles. The highest BCUT2D eigenvalue weighted by atomic mass is 79.9. The van der Waals surface area contributed by atoms with Gasteiger partial charge in [-0.15, -0.1) is 0 Å². The summed E-state index contributed by atoms with van der Waals surface area (Å²) in [4.78, 5) is 0. The van der Waals surface area contributed by atoms with Gasteiger partial charge in [-0.2, -0.15) is 0 Å². The number of methoxy groups -OCH3 is 1. The van der Waals surface area contributed by atoms with Crippen LogP contribution in [0.15, 0.2) is 53.0 Å². The molecule has 0 atom stereocenters. The zero-order valence-electron chi connectivity index (χ0n) is 11.4. The third-order valence-corrected chi connectivity index (χ3v) is 3.45. The predicted octanol–water partition coefficient (Wildman–Crippen LogP) is 4.34. The molecule has 3 nitrogen and oxygen atoms in total. The van der Waals surface area contributed by atoms with Crippen molar-refractivity contribution in [3.63, 3.8) is 0 Å². The van der Waals surface area contributed by atoms with Crippen molar-refractivity contribution in [3.8, 4) is 11.5 Å². The predicted molar refractivity (Wildman–Crippen MR) is 85.7 cm³/mol. The maximum absolute atomic E-state index is 5.78. The van der Waals surface area contributed by atoms with Gasteiger partial charge in [0.2, 0.25) is 0 Å². The van der Waals surface area contributed by atoms with Gasteiger partial charge in [-0.1, -0.05) is 24.3 Å². The molecule has 0 heterocycles. The number of ether oxygens (including phenoxy) is 2. The Morgan fingerprint density at radius 1 is 1.05 bits per heavy atom. The van der Waals surface area contributed by atoms with Crippen molar-refractivity contribution < 1.29 is 9.47 Å². The molecule has 0 radical (unpaired) electrons. The van der Waals surface area contributed by atoms with E-state index in [9.17, 15) is 0 Å². The second kappa shape index (κ2) is 7.80. The Bertz CT molecular complexity index is 531. The number of halogens is 1. The second-order valence-electron chi connectivity index (χ2n) is 4.27. The van der Waals surface area contributed by atoms with Gasteiger partial charge in [-0.3, -0.25) is 0 Å². The Balaban J connectivity index is 1.76. The van der Waals surface area contributed by atoms with Crippen LogP contribution >= 0.6 is 15.9 Å². The molecule has 2 rings (SSSR count). The summed E-state index contributed by atoms with van der Waals surface area (Å²) in [6, 6.07) is 15.9. The van der Waals surface area contributed by atoms with Crippen molar-refractivity contribution in [2.24, 2.45) is 0 Å². The lowest BCUT2D eigenvalue weighted by atomic mass is 10.3. The van der Waals surface area contributed by atoms with E-state index < -0.39 is 0 Å². The number of nitrogens with one attached hydrogen (secondary N) is 1. The first kappa shape index (κ1) is 14.7. The van der Waals surface area contributed by atoms with Crippen LogP contribution in [0.25, 0.3) is 0 Å². The standard InChI is InChI=1S/C16H18BrNO2/c1-19-15-10-5-9-14(17)16(15)20-12-6-11-18-13-7-3-2-4-8-13/h2-5,7-10,18H,6,11-12H2,1H3. The first-order valence-corrected chi connectivity index (χ1v) is 7.35. The van der Waals surface area contributed by atoms with Crippen LogP contribution in [0.2, 0.25) is 0 Å². The molecule has 0 amide bonds. The van der Waals surface area contributed by atoms with Crippen molar-refractivity contribution in [2.75, 3.05) is 25.6 Å². The van der Waals surface area contributed by atoms with E-state index in [4.69, 9.17) is 9.47 Å². The van der Waals surface area contributed by atoms with Gasteiger partial charge in [0.05, 0.1) is 18.2 Å². The molecule has 0 saturated carbocycles. The monoisotopic (exact) mass is 335 g/mol. The fourth-order valence-corrected chi connectivity index (χ4v) is 2.29. The van der Waals surface area contributed by atoms with Crippen LogP contribution in [0, 0.1) is 0 Å². The lowest BCUT2D eigenvalue weighted by Gasteiger charge is -2.12. The van der Waals surface area contributed by atoms with Gasteiger partial charge in [0.1, 0.15) is 0 Å². The topological polar surface area (TPSA) is 30.5 Å². The lowest BCUT2D eigenvalue weighted by Crippen LogP contribution is -2.07. The van der Waals surface area contributed by atoms with Crippen LogP contribution < -0.4 is 14.8 Å². The number of rotatable bonds is 7. The second-order valence-corrected chi connectivity index (χ2v) is 5.12. The van der Waals surface area contributed by atoms with Crippen LogP contribution in [0.5, 0.6) is 11.5 Å². The third kappa shape index (κ3) is 4.17. The van der Waals surface area contributed by atoms with E-state index in [1.165, 1.54) is 0 Å². The summed E-state index contributed by atoms with van der Waals surface area (Å²) in [7, 11) is 1.64. The molecule has 1 N–H and O–H groups in total. The zero-order chi connectivity index (χ0) is 14.2. The van der Waals surface area contributed by atoms with Crippen LogP contribution in [0.3, 0.4) is 0 Å². The molecule has 0 saturated heterocycles. The Morgan fingerprint density at radius 3 is 2.60 bits per heavy atom. The lowest BCUT2D eigenvalue weighted by molar-refractivity contribution is 0.290. The van der Waals surface area contributed by atoms with Gasteiger partial charge in [0.25, 0.3) is 0 Å². The fourth-order valence-electron chi connectivity index (χ4n) is 1.83. The largest absolute Gasteiger partial charge is 0.493 e. The molecule has 20 heavy (non-hydrogen) atoms. The first-order valence-electron chi connectivity index (χ1n) is 6.55. The SMILES string of the molecule is COc1cccc(Br)c1OCCCNc1ccccc1. The molecular weight excluding hydrogens is 318 g/mol. The molecule has 0 spiro atoms. The maximum Gasteiger partial charge on any atom is 0.175 e. The molecular formula is C16H18BrNO2. The molecule has 0 fully saturated rings. The number of para-hydroxylation sites is 2. The van der Waals surface area contributed by atoms with E-state index in [-0.39, 0.29) is 0 Å². The Hall–Kier alpha value is -1.68. The number of hydrogen-bond acceptors (Lipinski definition) is 3. The summed E-state index contributed by atoms with van der Waals surface area (Å²) < 4.78 is 12.0. The fraction of sp³-hybridized carbons (Fsp3) is 0.250. The molecule has 4 heteroatoms. The van der Waals surface area contributed by atoms with Crippen LogP contribution in [-0.4, -0.2) is 20.3 Å².